The number of carboxylic acid groups (broad SMARTS) is 2. The number of aliphatic carboxylic acids is 2. The highest BCUT2D eigenvalue weighted by atomic mass is 16.4. The molecule has 8 N–H and O–H groups in total. The Morgan fingerprint density at radius 1 is 1.00 bits per heavy atom. The monoisotopic (exact) mass is 505 g/mol. The van der Waals surface area contributed by atoms with E-state index in [4.69, 9.17) is 16.6 Å². The van der Waals surface area contributed by atoms with E-state index < -0.39 is 66.2 Å². The van der Waals surface area contributed by atoms with Gasteiger partial charge in [0.15, 0.2) is 0 Å². The number of carbonyl (C=O) groups excluding carboxylic acids is 4. The molecule has 36 heavy (non-hydrogen) atoms. The molecule has 0 radical (unpaired) electrons. The SMILES string of the molecule is NC(=O)CCC(NC(=O)C(Cc1ccccc1)NC(=O)C(N)CC(=O)O)C(=O)N1CCCC1C(=O)O. The summed E-state index contributed by atoms with van der Waals surface area (Å²) < 4.78 is 0. The zero-order valence-corrected chi connectivity index (χ0v) is 19.6. The number of hydrogen-bond donors (Lipinski definition) is 6. The van der Waals surface area contributed by atoms with E-state index in [0.717, 1.165) is 4.90 Å². The van der Waals surface area contributed by atoms with Gasteiger partial charge in [0.2, 0.25) is 23.6 Å². The van der Waals surface area contributed by atoms with Crippen LogP contribution in [-0.4, -0.2) is 81.4 Å². The van der Waals surface area contributed by atoms with Crippen LogP contribution in [0.15, 0.2) is 30.3 Å². The van der Waals surface area contributed by atoms with Gasteiger partial charge < -0.3 is 37.2 Å². The highest BCUT2D eigenvalue weighted by Gasteiger charge is 2.38. The molecule has 4 atom stereocenters. The maximum absolute atomic E-state index is 13.2. The lowest BCUT2D eigenvalue weighted by Crippen LogP contribution is -2.57. The lowest BCUT2D eigenvalue weighted by atomic mass is 10.0. The van der Waals surface area contributed by atoms with Crippen LogP contribution in [0.5, 0.6) is 0 Å². The third-order valence-corrected chi connectivity index (χ3v) is 5.76. The summed E-state index contributed by atoms with van der Waals surface area (Å²) in [5.74, 6) is -5.53. The molecular formula is C23H31N5O8. The van der Waals surface area contributed by atoms with E-state index in [1.54, 1.807) is 30.3 Å². The first-order chi connectivity index (χ1) is 17.0. The third kappa shape index (κ3) is 8.34. The third-order valence-electron chi connectivity index (χ3n) is 5.76. The number of nitrogens with one attached hydrogen (secondary N) is 2. The van der Waals surface area contributed by atoms with Gasteiger partial charge in [0.05, 0.1) is 12.5 Å². The fourth-order valence-electron chi connectivity index (χ4n) is 3.92. The Labute approximate surface area is 207 Å². The van der Waals surface area contributed by atoms with Crippen molar-refractivity contribution in [2.24, 2.45) is 11.5 Å². The molecule has 0 spiro atoms. The highest BCUT2D eigenvalue weighted by Crippen LogP contribution is 2.20. The van der Waals surface area contributed by atoms with Crippen LogP contribution < -0.4 is 22.1 Å². The van der Waals surface area contributed by atoms with Crippen molar-refractivity contribution in [1.29, 1.82) is 0 Å². The van der Waals surface area contributed by atoms with Crippen LogP contribution in [0, 0.1) is 0 Å². The van der Waals surface area contributed by atoms with E-state index in [2.05, 4.69) is 10.6 Å². The number of amides is 4. The van der Waals surface area contributed by atoms with Gasteiger partial charge >= 0.3 is 11.9 Å². The molecule has 1 fully saturated rings. The largest absolute Gasteiger partial charge is 0.481 e. The molecule has 13 nitrogen and oxygen atoms in total. The van der Waals surface area contributed by atoms with Crippen LogP contribution in [0.1, 0.15) is 37.7 Å². The number of nitrogens with zero attached hydrogens (tertiary/aromatic N) is 1. The molecule has 0 aromatic heterocycles. The Hall–Kier alpha value is -4.00. The summed E-state index contributed by atoms with van der Waals surface area (Å²) >= 11 is 0. The van der Waals surface area contributed by atoms with E-state index in [-0.39, 0.29) is 32.2 Å². The fraction of sp³-hybridized carbons (Fsp3) is 0.478. The van der Waals surface area contributed by atoms with Crippen LogP contribution in [0.25, 0.3) is 0 Å². The van der Waals surface area contributed by atoms with Crippen LogP contribution in [0.3, 0.4) is 0 Å². The minimum absolute atomic E-state index is 0.00357. The van der Waals surface area contributed by atoms with Crippen molar-refractivity contribution in [1.82, 2.24) is 15.5 Å². The van der Waals surface area contributed by atoms with E-state index in [0.29, 0.717) is 12.0 Å². The van der Waals surface area contributed by atoms with Gasteiger partial charge in [0, 0.05) is 19.4 Å². The summed E-state index contributed by atoms with van der Waals surface area (Å²) in [4.78, 5) is 73.8. The Morgan fingerprint density at radius 2 is 1.64 bits per heavy atom. The molecular weight excluding hydrogens is 474 g/mol. The second-order valence-corrected chi connectivity index (χ2v) is 8.55. The molecule has 0 saturated carbocycles. The maximum atomic E-state index is 13.2. The van der Waals surface area contributed by atoms with Crippen LogP contribution in [0.4, 0.5) is 0 Å². The van der Waals surface area contributed by atoms with E-state index >= 15 is 0 Å². The average Bonchev–Trinajstić information content (AvgIpc) is 3.31. The number of carboxylic acids is 2. The number of nitrogens with two attached hydrogens (primary N) is 2. The molecule has 4 unspecified atom stereocenters. The van der Waals surface area contributed by atoms with Crippen molar-refractivity contribution >= 4 is 35.6 Å². The molecule has 196 valence electrons. The van der Waals surface area contributed by atoms with Crippen molar-refractivity contribution in [3.05, 3.63) is 35.9 Å². The highest BCUT2D eigenvalue weighted by molar-refractivity contribution is 5.95. The summed E-state index contributed by atoms with van der Waals surface area (Å²) in [6.07, 6.45) is -0.360. The topological polar surface area (TPSA) is 222 Å². The number of primary amides is 1. The quantitative estimate of drug-likeness (QED) is 0.180. The first-order valence-corrected chi connectivity index (χ1v) is 11.4. The molecule has 1 aromatic carbocycles. The van der Waals surface area contributed by atoms with Crippen molar-refractivity contribution < 1.29 is 39.0 Å². The van der Waals surface area contributed by atoms with Gasteiger partial charge in [-0.1, -0.05) is 30.3 Å². The molecule has 13 heteroatoms. The first-order valence-electron chi connectivity index (χ1n) is 11.4. The molecule has 1 saturated heterocycles. The van der Waals surface area contributed by atoms with Gasteiger partial charge in [-0.25, -0.2) is 4.79 Å². The molecule has 2 rings (SSSR count). The van der Waals surface area contributed by atoms with Crippen molar-refractivity contribution in [3.8, 4) is 0 Å². The number of likely N-dealkylation sites (tertiary alicyclic amines) is 1. The maximum Gasteiger partial charge on any atom is 0.326 e. The molecule has 1 aliphatic heterocycles. The predicted molar refractivity (Wildman–Crippen MR) is 125 cm³/mol. The number of hydrogen-bond acceptors (Lipinski definition) is 7. The zero-order chi connectivity index (χ0) is 26.8. The van der Waals surface area contributed by atoms with E-state index in [9.17, 15) is 33.9 Å². The van der Waals surface area contributed by atoms with Gasteiger partial charge in [-0.2, -0.15) is 0 Å². The Morgan fingerprint density at radius 3 is 2.22 bits per heavy atom. The molecule has 0 bridgehead atoms. The summed E-state index contributed by atoms with van der Waals surface area (Å²) in [5, 5.41) is 23.3. The second kappa shape index (κ2) is 13.2. The minimum atomic E-state index is -1.42. The zero-order valence-electron chi connectivity index (χ0n) is 19.6. The molecule has 1 aliphatic rings. The average molecular weight is 506 g/mol. The molecule has 1 heterocycles. The Kier molecular flexibility index (Phi) is 10.3. The molecule has 0 aliphatic carbocycles. The van der Waals surface area contributed by atoms with Crippen molar-refractivity contribution in [2.45, 2.75) is 62.7 Å². The predicted octanol–water partition coefficient (Wildman–Crippen LogP) is -1.66. The smallest absolute Gasteiger partial charge is 0.326 e. The molecule has 4 amide bonds. The lowest BCUT2D eigenvalue weighted by Gasteiger charge is -2.29. The van der Waals surface area contributed by atoms with Gasteiger partial charge in [0.1, 0.15) is 18.1 Å². The van der Waals surface area contributed by atoms with Crippen LogP contribution >= 0.6 is 0 Å². The Balaban J connectivity index is 2.25. The van der Waals surface area contributed by atoms with Crippen LogP contribution in [-0.2, 0) is 35.2 Å². The number of rotatable bonds is 13. The van der Waals surface area contributed by atoms with E-state index in [1.165, 1.54) is 0 Å². The van der Waals surface area contributed by atoms with Gasteiger partial charge in [-0.3, -0.25) is 24.0 Å². The van der Waals surface area contributed by atoms with Crippen molar-refractivity contribution in [3.63, 3.8) is 0 Å². The van der Waals surface area contributed by atoms with Gasteiger partial charge in [-0.05, 0) is 24.8 Å². The van der Waals surface area contributed by atoms with Crippen molar-refractivity contribution in [2.75, 3.05) is 6.54 Å². The summed E-state index contributed by atoms with van der Waals surface area (Å²) in [6.45, 7) is 0.174. The lowest BCUT2D eigenvalue weighted by molar-refractivity contribution is -0.149. The Bertz CT molecular complexity index is 986. The van der Waals surface area contributed by atoms with Gasteiger partial charge in [0.25, 0.3) is 0 Å². The fourth-order valence-corrected chi connectivity index (χ4v) is 3.92. The summed E-state index contributed by atoms with van der Waals surface area (Å²) in [7, 11) is 0. The first kappa shape index (κ1) is 28.2. The van der Waals surface area contributed by atoms with Gasteiger partial charge in [-0.15, -0.1) is 0 Å². The summed E-state index contributed by atoms with van der Waals surface area (Å²) in [6, 6.07) is 3.64. The molecule has 1 aromatic rings. The second-order valence-electron chi connectivity index (χ2n) is 8.55. The van der Waals surface area contributed by atoms with Crippen LogP contribution in [0.2, 0.25) is 0 Å². The van der Waals surface area contributed by atoms with E-state index in [1.807, 2.05) is 0 Å². The number of carbonyl (C=O) groups is 6. The minimum Gasteiger partial charge on any atom is -0.481 e. The normalized spacial score (nSPS) is 17.5. The number of benzene rings is 1. The standard InChI is InChI=1S/C23H31N5O8/c24-14(12-19(30)31)20(32)27-16(11-13-5-2-1-3-6-13)21(33)26-15(8-9-18(25)29)22(34)28-10-4-7-17(28)23(35)36/h1-3,5-6,14-17H,4,7-12,24H2,(H2,25,29)(H,26,33)(H,27,32)(H,30,31)(H,35,36). The summed E-state index contributed by atoms with van der Waals surface area (Å²) in [5.41, 5.74) is 11.5.